The van der Waals surface area contributed by atoms with Gasteiger partial charge in [0, 0.05) is 42.9 Å². The predicted octanol–water partition coefficient (Wildman–Crippen LogP) is 4.12. The van der Waals surface area contributed by atoms with Gasteiger partial charge in [0.1, 0.15) is 11.6 Å². The van der Waals surface area contributed by atoms with Crippen LogP contribution in [-0.2, 0) is 0 Å². The maximum atomic E-state index is 4.70. The number of aromatic nitrogens is 2. The maximum Gasteiger partial charge on any atom is 0.133 e. The summed E-state index contributed by atoms with van der Waals surface area (Å²) < 4.78 is 0. The summed E-state index contributed by atoms with van der Waals surface area (Å²) in [6, 6.07) is 3.50. The number of nitrogens with one attached hydrogen (secondary N) is 1. The van der Waals surface area contributed by atoms with Crippen molar-refractivity contribution in [3.8, 4) is 0 Å². The van der Waals surface area contributed by atoms with Crippen molar-refractivity contribution in [2.75, 3.05) is 18.4 Å². The van der Waals surface area contributed by atoms with E-state index in [1.807, 2.05) is 0 Å². The van der Waals surface area contributed by atoms with Crippen molar-refractivity contribution in [1.29, 1.82) is 0 Å². The lowest BCUT2D eigenvalue weighted by atomic mass is 9.92. The van der Waals surface area contributed by atoms with E-state index in [0.717, 1.165) is 23.4 Å². The Morgan fingerprint density at radius 3 is 2.39 bits per heavy atom. The third-order valence-corrected chi connectivity index (χ3v) is 5.36. The molecule has 1 aromatic rings. The summed E-state index contributed by atoms with van der Waals surface area (Å²) in [5.74, 6) is 2.34. The number of rotatable bonds is 4. The second-order valence-electron chi connectivity index (χ2n) is 7.65. The lowest BCUT2D eigenvalue weighted by Crippen LogP contribution is -2.45. The standard InChI is InChI=1S/C19H32N4/c1-14(2)19-20-15(3)13-18(22-19)21-16-9-11-23(12-10-16)17-7-5-4-6-8-17/h13-14,16-17H,4-12H2,1-3H3,(H,20,21,22). The molecule has 1 aliphatic carbocycles. The Labute approximate surface area is 141 Å². The molecule has 128 valence electrons. The topological polar surface area (TPSA) is 41.0 Å². The monoisotopic (exact) mass is 316 g/mol. The fourth-order valence-electron chi connectivity index (χ4n) is 3.99. The van der Waals surface area contributed by atoms with Crippen LogP contribution in [0.25, 0.3) is 0 Å². The average Bonchev–Trinajstić information content (AvgIpc) is 2.56. The van der Waals surface area contributed by atoms with E-state index >= 15 is 0 Å². The zero-order valence-electron chi connectivity index (χ0n) is 15.0. The van der Waals surface area contributed by atoms with E-state index in [-0.39, 0.29) is 0 Å². The van der Waals surface area contributed by atoms with Crippen molar-refractivity contribution in [3.63, 3.8) is 0 Å². The highest BCUT2D eigenvalue weighted by Gasteiger charge is 2.26. The highest BCUT2D eigenvalue weighted by atomic mass is 15.2. The molecule has 0 unspecified atom stereocenters. The first-order valence-electron chi connectivity index (χ1n) is 9.48. The molecule has 0 aromatic carbocycles. The lowest BCUT2D eigenvalue weighted by Gasteiger charge is -2.39. The van der Waals surface area contributed by atoms with E-state index in [4.69, 9.17) is 4.98 Å². The molecular formula is C19H32N4. The van der Waals surface area contributed by atoms with Crippen LogP contribution in [0.5, 0.6) is 0 Å². The summed E-state index contributed by atoms with van der Waals surface area (Å²) in [7, 11) is 0. The SMILES string of the molecule is Cc1cc(NC2CCN(C3CCCCC3)CC2)nc(C(C)C)n1. The average molecular weight is 316 g/mol. The first-order chi connectivity index (χ1) is 11.1. The van der Waals surface area contributed by atoms with Gasteiger partial charge in [-0.2, -0.15) is 0 Å². The van der Waals surface area contributed by atoms with Gasteiger partial charge in [0.2, 0.25) is 0 Å². The third-order valence-electron chi connectivity index (χ3n) is 5.36. The molecule has 4 nitrogen and oxygen atoms in total. The van der Waals surface area contributed by atoms with Crippen LogP contribution >= 0.6 is 0 Å². The van der Waals surface area contributed by atoms with Gasteiger partial charge in [-0.05, 0) is 32.6 Å². The summed E-state index contributed by atoms with van der Waals surface area (Å²) in [6.07, 6.45) is 9.61. The maximum absolute atomic E-state index is 4.70. The summed E-state index contributed by atoms with van der Waals surface area (Å²) in [6.45, 7) is 8.85. The van der Waals surface area contributed by atoms with Gasteiger partial charge in [-0.1, -0.05) is 33.1 Å². The van der Waals surface area contributed by atoms with Crippen LogP contribution in [0.1, 0.15) is 76.2 Å². The van der Waals surface area contributed by atoms with E-state index in [2.05, 4.69) is 42.0 Å². The highest BCUT2D eigenvalue weighted by molar-refractivity contribution is 5.37. The Morgan fingerprint density at radius 1 is 1.04 bits per heavy atom. The van der Waals surface area contributed by atoms with E-state index in [1.54, 1.807) is 0 Å². The Hall–Kier alpha value is -1.16. The van der Waals surface area contributed by atoms with Crippen molar-refractivity contribution in [2.24, 2.45) is 0 Å². The van der Waals surface area contributed by atoms with E-state index in [9.17, 15) is 0 Å². The molecule has 1 N–H and O–H groups in total. The number of anilines is 1. The van der Waals surface area contributed by atoms with E-state index in [1.165, 1.54) is 58.0 Å². The number of hydrogen-bond acceptors (Lipinski definition) is 4. The molecule has 0 spiro atoms. The van der Waals surface area contributed by atoms with Crippen molar-refractivity contribution < 1.29 is 0 Å². The minimum absolute atomic E-state index is 0.378. The summed E-state index contributed by atoms with van der Waals surface area (Å²) >= 11 is 0. The first kappa shape index (κ1) is 16.7. The van der Waals surface area contributed by atoms with Gasteiger partial charge in [0.15, 0.2) is 0 Å². The van der Waals surface area contributed by atoms with E-state index in [0.29, 0.717) is 12.0 Å². The molecule has 2 heterocycles. The fraction of sp³-hybridized carbons (Fsp3) is 0.789. The van der Waals surface area contributed by atoms with Gasteiger partial charge in [0.25, 0.3) is 0 Å². The van der Waals surface area contributed by atoms with Crippen molar-refractivity contribution >= 4 is 5.82 Å². The molecule has 0 bridgehead atoms. The minimum atomic E-state index is 0.378. The largest absolute Gasteiger partial charge is 0.367 e. The van der Waals surface area contributed by atoms with Gasteiger partial charge in [-0.3, -0.25) is 0 Å². The number of piperidine rings is 1. The van der Waals surface area contributed by atoms with Gasteiger partial charge in [-0.25, -0.2) is 9.97 Å². The van der Waals surface area contributed by atoms with Gasteiger partial charge in [-0.15, -0.1) is 0 Å². The third kappa shape index (κ3) is 4.43. The zero-order valence-corrected chi connectivity index (χ0v) is 15.0. The molecule has 0 radical (unpaired) electrons. The second kappa shape index (κ2) is 7.61. The quantitative estimate of drug-likeness (QED) is 0.907. The lowest BCUT2D eigenvalue weighted by molar-refractivity contribution is 0.126. The van der Waals surface area contributed by atoms with Crippen LogP contribution in [-0.4, -0.2) is 40.0 Å². The summed E-state index contributed by atoms with van der Waals surface area (Å²) in [5.41, 5.74) is 1.06. The molecule has 23 heavy (non-hydrogen) atoms. The van der Waals surface area contributed by atoms with Gasteiger partial charge in [0.05, 0.1) is 0 Å². The van der Waals surface area contributed by atoms with E-state index < -0.39 is 0 Å². The number of nitrogens with zero attached hydrogens (tertiary/aromatic N) is 3. The number of aryl methyl sites for hydroxylation is 1. The molecule has 0 atom stereocenters. The molecule has 1 aliphatic heterocycles. The Kier molecular flexibility index (Phi) is 5.52. The summed E-state index contributed by atoms with van der Waals surface area (Å²) in [4.78, 5) is 12.0. The second-order valence-corrected chi connectivity index (χ2v) is 7.65. The Bertz CT molecular complexity index is 500. The van der Waals surface area contributed by atoms with Crippen molar-refractivity contribution in [2.45, 2.75) is 83.7 Å². The molecule has 0 amide bonds. The molecular weight excluding hydrogens is 284 g/mol. The fourth-order valence-corrected chi connectivity index (χ4v) is 3.99. The molecule has 2 aliphatic rings. The van der Waals surface area contributed by atoms with Crippen LogP contribution < -0.4 is 5.32 Å². The molecule has 2 fully saturated rings. The van der Waals surface area contributed by atoms with Crippen molar-refractivity contribution in [1.82, 2.24) is 14.9 Å². The summed E-state index contributed by atoms with van der Waals surface area (Å²) in [5, 5.41) is 3.66. The number of likely N-dealkylation sites (tertiary alicyclic amines) is 1. The Balaban J connectivity index is 1.54. The smallest absolute Gasteiger partial charge is 0.133 e. The molecule has 1 saturated heterocycles. The van der Waals surface area contributed by atoms with Crippen LogP contribution in [0.3, 0.4) is 0 Å². The van der Waals surface area contributed by atoms with Crippen LogP contribution in [0.4, 0.5) is 5.82 Å². The van der Waals surface area contributed by atoms with Gasteiger partial charge < -0.3 is 10.2 Å². The molecule has 1 aromatic heterocycles. The Morgan fingerprint density at radius 2 is 1.74 bits per heavy atom. The van der Waals surface area contributed by atoms with Crippen molar-refractivity contribution in [3.05, 3.63) is 17.6 Å². The molecule has 3 rings (SSSR count). The number of hydrogen-bond donors (Lipinski definition) is 1. The first-order valence-corrected chi connectivity index (χ1v) is 9.48. The van der Waals surface area contributed by atoms with Crippen LogP contribution in [0.15, 0.2) is 6.07 Å². The zero-order chi connectivity index (χ0) is 16.2. The van der Waals surface area contributed by atoms with Crippen LogP contribution in [0, 0.1) is 6.92 Å². The van der Waals surface area contributed by atoms with Crippen LogP contribution in [0.2, 0.25) is 0 Å². The normalized spacial score (nSPS) is 21.7. The minimum Gasteiger partial charge on any atom is -0.367 e. The highest BCUT2D eigenvalue weighted by Crippen LogP contribution is 2.26. The predicted molar refractivity (Wildman–Crippen MR) is 95.9 cm³/mol. The molecule has 4 heteroatoms. The van der Waals surface area contributed by atoms with Gasteiger partial charge >= 0.3 is 0 Å². The molecule has 1 saturated carbocycles.